The van der Waals surface area contributed by atoms with E-state index in [1.165, 1.54) is 11.8 Å². The molecular weight excluding hydrogens is 562 g/mol. The van der Waals surface area contributed by atoms with Crippen LogP contribution in [-0.4, -0.2) is 56.6 Å². The molecule has 0 unspecified atom stereocenters. The number of imidazole rings is 1. The van der Waals surface area contributed by atoms with Gasteiger partial charge >= 0.3 is 5.82 Å². The van der Waals surface area contributed by atoms with E-state index in [-0.39, 0.29) is 16.6 Å². The molecular formula is C32H31N7O3S. The average molecular weight is 594 g/mol. The summed E-state index contributed by atoms with van der Waals surface area (Å²) in [6, 6.07) is 29.0. The molecule has 6 rings (SSSR count). The molecule has 0 spiro atoms. The number of anilines is 2. The van der Waals surface area contributed by atoms with Gasteiger partial charge in [0.2, 0.25) is 11.6 Å². The Morgan fingerprint density at radius 2 is 1.56 bits per heavy atom. The highest BCUT2D eigenvalue weighted by Crippen LogP contribution is 2.37. The van der Waals surface area contributed by atoms with Gasteiger partial charge in [-0.2, -0.15) is 0 Å². The number of amides is 1. The molecule has 0 bridgehead atoms. The Kier molecular flexibility index (Phi) is 8.23. The van der Waals surface area contributed by atoms with Crippen LogP contribution in [0.5, 0.6) is 0 Å². The number of piperazine rings is 1. The SMILES string of the molecule is CCc1nc([N+](=O)[O-])c(N2CCN(/C=C3/SC(=Nc4ccccc4)N(c4ccccc4)C3=O)CC2)n1Cc1ccccc1. The maximum atomic E-state index is 13.7. The van der Waals surface area contributed by atoms with E-state index in [1.54, 1.807) is 4.90 Å². The Morgan fingerprint density at radius 1 is 0.930 bits per heavy atom. The Morgan fingerprint density at radius 3 is 2.19 bits per heavy atom. The summed E-state index contributed by atoms with van der Waals surface area (Å²) in [6.45, 7) is 4.78. The zero-order valence-electron chi connectivity index (χ0n) is 23.7. The molecule has 0 atom stereocenters. The minimum absolute atomic E-state index is 0.110. The van der Waals surface area contributed by atoms with E-state index < -0.39 is 0 Å². The van der Waals surface area contributed by atoms with Crippen LogP contribution in [0.1, 0.15) is 18.3 Å². The van der Waals surface area contributed by atoms with Crippen LogP contribution in [0, 0.1) is 10.1 Å². The van der Waals surface area contributed by atoms with Gasteiger partial charge in [0, 0.05) is 38.8 Å². The van der Waals surface area contributed by atoms with E-state index >= 15 is 0 Å². The lowest BCUT2D eigenvalue weighted by Gasteiger charge is -2.35. The van der Waals surface area contributed by atoms with Gasteiger partial charge in [-0.25, -0.2) is 4.99 Å². The lowest BCUT2D eigenvalue weighted by atomic mass is 10.2. The van der Waals surface area contributed by atoms with Crippen molar-refractivity contribution in [1.82, 2.24) is 14.5 Å². The molecule has 4 aromatic rings. The minimum atomic E-state index is -0.385. The van der Waals surface area contributed by atoms with Gasteiger partial charge in [-0.1, -0.05) is 73.7 Å². The van der Waals surface area contributed by atoms with Crippen LogP contribution in [-0.2, 0) is 17.8 Å². The van der Waals surface area contributed by atoms with E-state index in [9.17, 15) is 14.9 Å². The molecule has 10 nitrogen and oxygen atoms in total. The van der Waals surface area contributed by atoms with Crippen LogP contribution in [0.2, 0.25) is 0 Å². The third kappa shape index (κ3) is 6.02. The van der Waals surface area contributed by atoms with Gasteiger partial charge in [0.05, 0.1) is 22.8 Å². The van der Waals surface area contributed by atoms with Gasteiger partial charge in [-0.05, 0) is 51.5 Å². The first kappa shape index (κ1) is 28.2. The fraction of sp³-hybridized carbons (Fsp3) is 0.219. The predicted octanol–water partition coefficient (Wildman–Crippen LogP) is 5.83. The van der Waals surface area contributed by atoms with Crippen molar-refractivity contribution in [3.8, 4) is 0 Å². The quantitative estimate of drug-likeness (QED) is 0.144. The van der Waals surface area contributed by atoms with Crippen molar-refractivity contribution in [1.29, 1.82) is 0 Å². The second-order valence-electron chi connectivity index (χ2n) is 10.2. The number of hydrogen-bond acceptors (Lipinski definition) is 8. The highest BCUT2D eigenvalue weighted by atomic mass is 32.2. The molecule has 2 fully saturated rings. The van der Waals surface area contributed by atoms with E-state index in [2.05, 4.69) is 9.88 Å². The van der Waals surface area contributed by atoms with Crippen molar-refractivity contribution in [3.63, 3.8) is 0 Å². The normalized spacial score (nSPS) is 17.3. The van der Waals surface area contributed by atoms with Crippen LogP contribution in [0.15, 0.2) is 107 Å². The van der Waals surface area contributed by atoms with Crippen LogP contribution in [0.4, 0.5) is 23.0 Å². The molecule has 0 radical (unpaired) electrons. The number of nitro groups is 1. The fourth-order valence-electron chi connectivity index (χ4n) is 5.30. The molecule has 218 valence electrons. The summed E-state index contributed by atoms with van der Waals surface area (Å²) in [5.41, 5.74) is 2.59. The number of aliphatic imine (C=N–C) groups is 1. The smallest absolute Gasteiger partial charge is 0.373 e. The largest absolute Gasteiger partial charge is 0.406 e. The summed E-state index contributed by atoms with van der Waals surface area (Å²) in [5.74, 6) is 0.991. The number of nitrogens with zero attached hydrogens (tertiary/aromatic N) is 7. The third-order valence-electron chi connectivity index (χ3n) is 7.39. The predicted molar refractivity (Wildman–Crippen MR) is 171 cm³/mol. The number of hydrogen-bond donors (Lipinski definition) is 0. The van der Waals surface area contributed by atoms with Gasteiger partial charge in [0.1, 0.15) is 0 Å². The fourth-order valence-corrected chi connectivity index (χ4v) is 6.31. The maximum absolute atomic E-state index is 13.7. The Bertz CT molecular complexity index is 1670. The van der Waals surface area contributed by atoms with E-state index in [0.717, 1.165) is 16.9 Å². The number of thioether (sulfide) groups is 1. The van der Waals surface area contributed by atoms with E-state index in [0.29, 0.717) is 60.9 Å². The standard InChI is InChI=1S/C32H31N7O3S/c1-2-28-34-29(39(41)42)30(37(28)22-24-12-6-3-7-13-24)36-20-18-35(19-21-36)23-27-31(40)38(26-16-10-5-11-17-26)32(43-27)33-25-14-8-4-9-15-25/h3-17,23H,2,18-22H2,1H3/b27-23+,33-32?. The molecule has 1 aromatic heterocycles. The second-order valence-corrected chi connectivity index (χ2v) is 11.2. The monoisotopic (exact) mass is 593 g/mol. The molecule has 2 aliphatic rings. The molecule has 0 saturated carbocycles. The third-order valence-corrected chi connectivity index (χ3v) is 8.35. The summed E-state index contributed by atoms with van der Waals surface area (Å²) in [7, 11) is 0. The molecule has 3 aromatic carbocycles. The van der Waals surface area contributed by atoms with Crippen LogP contribution in [0.25, 0.3) is 0 Å². The molecule has 11 heteroatoms. The molecule has 43 heavy (non-hydrogen) atoms. The van der Waals surface area contributed by atoms with Gasteiger partial charge in [-0.3, -0.25) is 14.3 Å². The van der Waals surface area contributed by atoms with E-state index in [1.807, 2.05) is 114 Å². The Labute approximate surface area is 254 Å². The summed E-state index contributed by atoms with van der Waals surface area (Å²) in [4.78, 5) is 40.9. The number of aryl methyl sites for hydroxylation is 1. The second kappa shape index (κ2) is 12.5. The molecule has 3 heterocycles. The number of carbonyl (C=O) groups excluding carboxylic acids is 1. The van der Waals surface area contributed by atoms with Crippen molar-refractivity contribution >= 4 is 45.8 Å². The number of rotatable bonds is 8. The summed E-state index contributed by atoms with van der Waals surface area (Å²) >= 11 is 1.35. The van der Waals surface area contributed by atoms with Crippen molar-refractivity contribution < 1.29 is 9.72 Å². The van der Waals surface area contributed by atoms with Crippen LogP contribution < -0.4 is 9.80 Å². The minimum Gasteiger partial charge on any atom is -0.373 e. The van der Waals surface area contributed by atoms with Crippen LogP contribution >= 0.6 is 11.8 Å². The Balaban J connectivity index is 1.24. The summed E-state index contributed by atoms with van der Waals surface area (Å²) in [5, 5.41) is 12.7. The van der Waals surface area contributed by atoms with Gasteiger partial charge in [0.25, 0.3) is 5.91 Å². The zero-order valence-corrected chi connectivity index (χ0v) is 24.6. The molecule has 0 aliphatic carbocycles. The van der Waals surface area contributed by atoms with Crippen molar-refractivity contribution in [2.24, 2.45) is 4.99 Å². The van der Waals surface area contributed by atoms with Gasteiger partial charge in [0.15, 0.2) is 5.17 Å². The van der Waals surface area contributed by atoms with Crippen LogP contribution in [0.3, 0.4) is 0 Å². The van der Waals surface area contributed by atoms with Crippen molar-refractivity contribution in [3.05, 3.63) is 124 Å². The first-order valence-corrected chi connectivity index (χ1v) is 15.0. The molecule has 2 saturated heterocycles. The Hall–Kier alpha value is -4.90. The highest BCUT2D eigenvalue weighted by molar-refractivity contribution is 8.19. The molecule has 1 amide bonds. The number of para-hydroxylation sites is 2. The number of amidine groups is 1. The lowest BCUT2D eigenvalue weighted by molar-refractivity contribution is -0.388. The maximum Gasteiger partial charge on any atom is 0.406 e. The number of benzene rings is 3. The first-order chi connectivity index (χ1) is 21.0. The number of carbonyl (C=O) groups is 1. The average Bonchev–Trinajstić information content (AvgIpc) is 3.55. The van der Waals surface area contributed by atoms with Gasteiger partial charge in [-0.15, -0.1) is 0 Å². The highest BCUT2D eigenvalue weighted by Gasteiger charge is 2.36. The first-order valence-electron chi connectivity index (χ1n) is 14.2. The summed E-state index contributed by atoms with van der Waals surface area (Å²) in [6.07, 6.45) is 2.49. The number of aromatic nitrogens is 2. The summed E-state index contributed by atoms with van der Waals surface area (Å²) < 4.78 is 1.97. The van der Waals surface area contributed by atoms with Crippen molar-refractivity contribution in [2.75, 3.05) is 36.0 Å². The van der Waals surface area contributed by atoms with E-state index in [4.69, 9.17) is 4.99 Å². The van der Waals surface area contributed by atoms with Crippen molar-refractivity contribution in [2.45, 2.75) is 19.9 Å². The molecule has 2 aliphatic heterocycles. The lowest BCUT2D eigenvalue weighted by Crippen LogP contribution is -2.45. The topological polar surface area (TPSA) is 100 Å². The zero-order chi connectivity index (χ0) is 29.8. The molecule has 0 N–H and O–H groups in total. The van der Waals surface area contributed by atoms with Gasteiger partial charge < -0.3 is 19.9 Å².